The summed E-state index contributed by atoms with van der Waals surface area (Å²) in [5, 5.41) is 23.2. The number of allylic oxidation sites excluding steroid dienone is 13. The molecule has 0 aliphatic carbocycles. The van der Waals surface area contributed by atoms with Crippen molar-refractivity contribution < 1.29 is 15.0 Å². The van der Waals surface area contributed by atoms with Gasteiger partial charge in [0.1, 0.15) is 12.2 Å². The Labute approximate surface area is 199 Å². The smallest absolute Gasteiger partial charge is 0.244 e. The van der Waals surface area contributed by atoms with Crippen molar-refractivity contribution in [3.8, 4) is 0 Å². The number of aliphatic hydroxyl groups is 2. The van der Waals surface area contributed by atoms with E-state index >= 15 is 0 Å². The highest BCUT2D eigenvalue weighted by Gasteiger charge is 2.09. The van der Waals surface area contributed by atoms with Crippen LogP contribution in [-0.4, -0.2) is 34.4 Å². The van der Waals surface area contributed by atoms with Gasteiger partial charge in [-0.3, -0.25) is 4.79 Å². The molecule has 0 aromatic heterocycles. The van der Waals surface area contributed by atoms with Crippen LogP contribution in [0.2, 0.25) is 0 Å². The fourth-order valence-corrected chi connectivity index (χ4v) is 2.92. The van der Waals surface area contributed by atoms with E-state index in [-0.39, 0.29) is 11.9 Å². The van der Waals surface area contributed by atoms with Gasteiger partial charge in [-0.2, -0.15) is 0 Å². The number of amides is 1. The van der Waals surface area contributed by atoms with Crippen molar-refractivity contribution in [1.82, 2.24) is 5.32 Å². The predicted molar refractivity (Wildman–Crippen MR) is 140 cm³/mol. The number of hydrogen-bond donors (Lipinski definition) is 3. The summed E-state index contributed by atoms with van der Waals surface area (Å²) in [5.41, 5.74) is 1.83. The molecule has 4 heteroatoms. The van der Waals surface area contributed by atoms with Crippen LogP contribution in [0.15, 0.2) is 108 Å². The summed E-state index contributed by atoms with van der Waals surface area (Å²) < 4.78 is 0. The standard InChI is InChI=1S/C29H39NO3/c1-4-5-6-7-8-9-19-26-20-13-10-16-24(2)17-11-14-21-27(31)28(32)23-25(3)18-12-15-22-29(33)30-26/h6-18,21-23,26-28,31-32H,4-5,19-20H2,1-3H3,(H,30,33)/b7-6+,9-8+,13-10?,17-11?,18-12?,21-14?,22-15?,24-16?,25-23?/t26-,27-,28+/m1/s1. The zero-order chi connectivity index (χ0) is 24.3. The fourth-order valence-electron chi connectivity index (χ4n) is 2.92. The van der Waals surface area contributed by atoms with Gasteiger partial charge < -0.3 is 15.5 Å². The molecule has 0 unspecified atom stereocenters. The van der Waals surface area contributed by atoms with Crippen LogP contribution in [0.5, 0.6) is 0 Å². The lowest BCUT2D eigenvalue weighted by Crippen LogP contribution is -2.32. The topological polar surface area (TPSA) is 69.6 Å². The summed E-state index contributed by atoms with van der Waals surface area (Å²) in [6.45, 7) is 5.96. The van der Waals surface area contributed by atoms with E-state index < -0.39 is 12.2 Å². The Morgan fingerprint density at radius 2 is 1.64 bits per heavy atom. The van der Waals surface area contributed by atoms with Crippen LogP contribution in [-0.2, 0) is 4.79 Å². The van der Waals surface area contributed by atoms with E-state index in [0.29, 0.717) is 0 Å². The average molecular weight is 450 g/mol. The van der Waals surface area contributed by atoms with Crippen LogP contribution >= 0.6 is 0 Å². The minimum Gasteiger partial charge on any atom is -0.386 e. The summed E-state index contributed by atoms with van der Waals surface area (Å²) in [6, 6.07) is -0.00533. The second-order valence-electron chi connectivity index (χ2n) is 8.01. The van der Waals surface area contributed by atoms with Crippen LogP contribution in [0.25, 0.3) is 0 Å². The third kappa shape index (κ3) is 14.7. The van der Waals surface area contributed by atoms with Gasteiger partial charge in [-0.05, 0) is 33.1 Å². The van der Waals surface area contributed by atoms with Crippen molar-refractivity contribution in [3.05, 3.63) is 108 Å². The molecule has 3 N–H and O–H groups in total. The maximum absolute atomic E-state index is 12.4. The van der Waals surface area contributed by atoms with E-state index in [1.54, 1.807) is 36.5 Å². The van der Waals surface area contributed by atoms with Gasteiger partial charge >= 0.3 is 0 Å². The number of carbonyl (C=O) groups is 1. The number of nitrogens with one attached hydrogen (secondary N) is 1. The monoisotopic (exact) mass is 449 g/mol. The van der Waals surface area contributed by atoms with E-state index in [9.17, 15) is 15.0 Å². The molecule has 0 aromatic rings. The van der Waals surface area contributed by atoms with Crippen LogP contribution in [0.4, 0.5) is 0 Å². The highest BCUT2D eigenvalue weighted by Crippen LogP contribution is 2.06. The van der Waals surface area contributed by atoms with Crippen LogP contribution in [0.1, 0.15) is 46.5 Å². The molecule has 0 aromatic carbocycles. The minimum atomic E-state index is -1.01. The molecule has 178 valence electrons. The van der Waals surface area contributed by atoms with E-state index in [2.05, 4.69) is 36.5 Å². The van der Waals surface area contributed by atoms with Gasteiger partial charge in [0, 0.05) is 12.1 Å². The van der Waals surface area contributed by atoms with Gasteiger partial charge in [0.2, 0.25) is 5.91 Å². The largest absolute Gasteiger partial charge is 0.386 e. The normalized spacial score (nSPS) is 23.7. The van der Waals surface area contributed by atoms with Crippen LogP contribution in [0, 0.1) is 0 Å². The quantitative estimate of drug-likeness (QED) is 0.480. The van der Waals surface area contributed by atoms with Gasteiger partial charge in [0.15, 0.2) is 0 Å². The SMILES string of the molecule is CCC/C=C/C=C/C[C@@H]1CC=CC=C(C)C=CC=C[C@@H](O)[C@@H](O)C=C(C)C=CC=CC(=O)N1. The summed E-state index contributed by atoms with van der Waals surface area (Å²) in [7, 11) is 0. The first kappa shape index (κ1) is 28.1. The number of unbranched alkanes of at least 4 members (excludes halogenated alkanes) is 1. The Hall–Kier alpha value is -2.95. The van der Waals surface area contributed by atoms with E-state index in [1.165, 1.54) is 6.08 Å². The predicted octanol–water partition coefficient (Wildman–Crippen LogP) is 5.57. The lowest BCUT2D eigenvalue weighted by Gasteiger charge is -2.14. The lowest BCUT2D eigenvalue weighted by atomic mass is 10.1. The van der Waals surface area contributed by atoms with Crippen LogP contribution < -0.4 is 5.32 Å². The van der Waals surface area contributed by atoms with Gasteiger partial charge in [0.25, 0.3) is 0 Å². The van der Waals surface area contributed by atoms with E-state index in [1.807, 2.05) is 44.2 Å². The molecule has 33 heavy (non-hydrogen) atoms. The third-order valence-electron chi connectivity index (χ3n) is 4.80. The average Bonchev–Trinajstić information content (AvgIpc) is 2.78. The molecule has 0 saturated heterocycles. The summed E-state index contributed by atoms with van der Waals surface area (Å²) >= 11 is 0. The molecule has 0 radical (unpaired) electrons. The van der Waals surface area contributed by atoms with Crippen molar-refractivity contribution in [2.45, 2.75) is 64.7 Å². The van der Waals surface area contributed by atoms with Gasteiger partial charge in [-0.1, -0.05) is 116 Å². The van der Waals surface area contributed by atoms with Crippen LogP contribution in [0.3, 0.4) is 0 Å². The Morgan fingerprint density at radius 3 is 2.42 bits per heavy atom. The summed E-state index contributed by atoms with van der Waals surface area (Å²) in [6.07, 6.45) is 31.3. The van der Waals surface area contributed by atoms with Gasteiger partial charge in [0.05, 0.1) is 0 Å². The van der Waals surface area contributed by atoms with Crippen molar-refractivity contribution >= 4 is 5.91 Å². The Balaban J connectivity index is 2.99. The lowest BCUT2D eigenvalue weighted by molar-refractivity contribution is -0.117. The molecule has 0 spiro atoms. The van der Waals surface area contributed by atoms with Crippen molar-refractivity contribution in [2.75, 3.05) is 0 Å². The summed E-state index contributed by atoms with van der Waals surface area (Å²) in [5.74, 6) is -0.153. The molecular weight excluding hydrogens is 410 g/mol. The van der Waals surface area contributed by atoms with Crippen molar-refractivity contribution in [3.63, 3.8) is 0 Å². The Morgan fingerprint density at radius 1 is 0.939 bits per heavy atom. The minimum absolute atomic E-state index is 0.00533. The highest BCUT2D eigenvalue weighted by molar-refractivity contribution is 5.88. The van der Waals surface area contributed by atoms with Crippen molar-refractivity contribution in [2.24, 2.45) is 0 Å². The molecule has 0 fully saturated rings. The first-order valence-corrected chi connectivity index (χ1v) is 11.6. The zero-order valence-corrected chi connectivity index (χ0v) is 20.1. The molecular formula is C29H39NO3. The second-order valence-corrected chi connectivity index (χ2v) is 8.01. The molecule has 1 amide bonds. The van der Waals surface area contributed by atoms with Gasteiger partial charge in [-0.25, -0.2) is 0 Å². The Kier molecular flexibility index (Phi) is 15.0. The number of aliphatic hydroxyl groups excluding tert-OH is 2. The second kappa shape index (κ2) is 17.6. The zero-order valence-electron chi connectivity index (χ0n) is 20.1. The molecule has 1 aliphatic heterocycles. The fraction of sp³-hybridized carbons (Fsp3) is 0.345. The first-order valence-electron chi connectivity index (χ1n) is 11.6. The molecule has 1 heterocycles. The maximum Gasteiger partial charge on any atom is 0.244 e. The van der Waals surface area contributed by atoms with Crippen molar-refractivity contribution in [1.29, 1.82) is 0 Å². The molecule has 3 atom stereocenters. The maximum atomic E-state index is 12.4. The molecule has 0 saturated carbocycles. The first-order chi connectivity index (χ1) is 15.9. The number of rotatable bonds is 5. The van der Waals surface area contributed by atoms with E-state index in [4.69, 9.17) is 0 Å². The molecule has 1 rings (SSSR count). The molecule has 0 bridgehead atoms. The number of hydrogen-bond acceptors (Lipinski definition) is 3. The van der Waals surface area contributed by atoms with E-state index in [0.717, 1.165) is 36.8 Å². The Bertz CT molecular complexity index is 850. The molecule has 1 aliphatic rings. The number of carbonyl (C=O) groups excluding carboxylic acids is 1. The third-order valence-corrected chi connectivity index (χ3v) is 4.80. The van der Waals surface area contributed by atoms with Gasteiger partial charge in [-0.15, -0.1) is 0 Å². The summed E-state index contributed by atoms with van der Waals surface area (Å²) in [4.78, 5) is 12.4. The molecule has 4 nitrogen and oxygen atoms in total. The highest BCUT2D eigenvalue weighted by atomic mass is 16.3.